The number of fused-ring (bicyclic) bond motifs is 1. The van der Waals surface area contributed by atoms with Gasteiger partial charge in [-0.25, -0.2) is 15.0 Å². The lowest BCUT2D eigenvalue weighted by atomic mass is 9.83. The van der Waals surface area contributed by atoms with E-state index < -0.39 is 0 Å². The molecule has 0 atom stereocenters. The highest BCUT2D eigenvalue weighted by Crippen LogP contribution is 2.36. The van der Waals surface area contributed by atoms with Crippen LogP contribution in [0.4, 0.5) is 17.5 Å². The van der Waals surface area contributed by atoms with E-state index in [4.69, 9.17) is 14.7 Å². The molecular formula is C24H25N9O. The van der Waals surface area contributed by atoms with E-state index >= 15 is 0 Å². The zero-order chi connectivity index (χ0) is 23.9. The van der Waals surface area contributed by atoms with Crippen LogP contribution >= 0.6 is 0 Å². The third kappa shape index (κ3) is 3.85. The Balaban J connectivity index is 1.49. The maximum Gasteiger partial charge on any atom is 0.227 e. The van der Waals surface area contributed by atoms with Crippen LogP contribution in [0, 0.1) is 23.7 Å². The van der Waals surface area contributed by atoms with E-state index in [0.29, 0.717) is 31.4 Å². The van der Waals surface area contributed by atoms with Crippen molar-refractivity contribution in [3.8, 4) is 23.2 Å². The molecule has 0 bridgehead atoms. The van der Waals surface area contributed by atoms with E-state index in [0.717, 1.165) is 39.5 Å². The Morgan fingerprint density at radius 3 is 2.76 bits per heavy atom. The number of aryl methyl sites for hydroxylation is 2. The highest BCUT2D eigenvalue weighted by atomic mass is 16.5. The summed E-state index contributed by atoms with van der Waals surface area (Å²) in [6.07, 6.45) is 3.45. The normalized spacial score (nSPS) is 14.5. The summed E-state index contributed by atoms with van der Waals surface area (Å²) in [6.45, 7) is 7.61. The Bertz CT molecular complexity index is 1420. The van der Waals surface area contributed by atoms with E-state index in [9.17, 15) is 5.26 Å². The molecule has 0 radical (unpaired) electrons. The molecule has 3 aromatic heterocycles. The Morgan fingerprint density at radius 2 is 2.06 bits per heavy atom. The van der Waals surface area contributed by atoms with Crippen molar-refractivity contribution < 1.29 is 4.74 Å². The van der Waals surface area contributed by atoms with Crippen molar-refractivity contribution in [2.24, 2.45) is 12.5 Å². The fourth-order valence-corrected chi connectivity index (χ4v) is 4.16. The van der Waals surface area contributed by atoms with Gasteiger partial charge in [0.25, 0.3) is 0 Å². The summed E-state index contributed by atoms with van der Waals surface area (Å²) >= 11 is 0. The van der Waals surface area contributed by atoms with Crippen LogP contribution in [0.1, 0.15) is 19.5 Å². The van der Waals surface area contributed by atoms with Gasteiger partial charge in [-0.3, -0.25) is 0 Å². The number of anilines is 3. The third-order valence-corrected chi connectivity index (χ3v) is 5.82. The van der Waals surface area contributed by atoms with Crippen LogP contribution in [0.15, 0.2) is 36.8 Å². The SMILES string of the molecule is CCOc1cc(-c2nncn2C)ccc1Nc1ncc2cc(C)nc(N3CC(C)(C#N)C3)c2n1. The molecule has 1 saturated heterocycles. The fourth-order valence-electron chi connectivity index (χ4n) is 4.16. The molecule has 4 heterocycles. The number of rotatable bonds is 6. The number of ether oxygens (including phenoxy) is 1. The molecule has 1 aliphatic heterocycles. The number of nitriles is 1. The van der Waals surface area contributed by atoms with E-state index in [1.54, 1.807) is 12.5 Å². The van der Waals surface area contributed by atoms with Crippen LogP contribution in [-0.2, 0) is 7.05 Å². The van der Waals surface area contributed by atoms with E-state index in [1.807, 2.05) is 56.7 Å². The van der Waals surface area contributed by atoms with Gasteiger partial charge in [-0.2, -0.15) is 5.26 Å². The van der Waals surface area contributed by atoms with Crippen LogP contribution in [0.5, 0.6) is 5.75 Å². The Hall–Kier alpha value is -4.26. The number of hydrogen-bond donors (Lipinski definition) is 1. The van der Waals surface area contributed by atoms with Crippen molar-refractivity contribution in [2.75, 3.05) is 29.9 Å². The second kappa shape index (κ2) is 8.26. The second-order valence-corrected chi connectivity index (χ2v) is 8.78. The van der Waals surface area contributed by atoms with Crippen molar-refractivity contribution in [2.45, 2.75) is 20.8 Å². The van der Waals surface area contributed by atoms with Gasteiger partial charge in [0.2, 0.25) is 5.95 Å². The van der Waals surface area contributed by atoms with Crippen LogP contribution in [-0.4, -0.2) is 49.4 Å². The van der Waals surface area contributed by atoms with Gasteiger partial charge in [0.15, 0.2) is 11.6 Å². The van der Waals surface area contributed by atoms with Crippen molar-refractivity contribution in [1.82, 2.24) is 29.7 Å². The molecule has 0 spiro atoms. The molecule has 1 N–H and O–H groups in total. The minimum atomic E-state index is -0.358. The average molecular weight is 456 g/mol. The molecule has 1 aromatic carbocycles. The average Bonchev–Trinajstić information content (AvgIpc) is 3.24. The number of hydrogen-bond acceptors (Lipinski definition) is 9. The van der Waals surface area contributed by atoms with Crippen LogP contribution in [0.3, 0.4) is 0 Å². The topological polar surface area (TPSA) is 118 Å². The molecular weight excluding hydrogens is 430 g/mol. The van der Waals surface area contributed by atoms with Gasteiger partial charge >= 0.3 is 0 Å². The maximum absolute atomic E-state index is 9.40. The summed E-state index contributed by atoms with van der Waals surface area (Å²) in [5, 5.41) is 21.7. The van der Waals surface area contributed by atoms with Crippen LogP contribution < -0.4 is 15.0 Å². The zero-order valence-corrected chi connectivity index (χ0v) is 19.6. The van der Waals surface area contributed by atoms with Gasteiger partial charge < -0.3 is 19.5 Å². The van der Waals surface area contributed by atoms with Gasteiger partial charge in [-0.15, -0.1) is 10.2 Å². The number of nitrogens with zero attached hydrogens (tertiary/aromatic N) is 8. The molecule has 1 fully saturated rings. The summed E-state index contributed by atoms with van der Waals surface area (Å²) in [7, 11) is 1.90. The predicted molar refractivity (Wildman–Crippen MR) is 129 cm³/mol. The lowest BCUT2D eigenvalue weighted by Crippen LogP contribution is -2.54. The summed E-state index contributed by atoms with van der Waals surface area (Å²) < 4.78 is 7.74. The summed E-state index contributed by atoms with van der Waals surface area (Å²) in [6, 6.07) is 10.1. The number of benzene rings is 1. The van der Waals surface area contributed by atoms with Gasteiger partial charge in [-0.05, 0) is 45.0 Å². The largest absolute Gasteiger partial charge is 0.492 e. The second-order valence-electron chi connectivity index (χ2n) is 8.78. The minimum Gasteiger partial charge on any atom is -0.492 e. The fraction of sp³-hybridized carbons (Fsp3) is 0.333. The molecule has 0 aliphatic carbocycles. The van der Waals surface area contributed by atoms with Gasteiger partial charge in [0.05, 0.1) is 23.8 Å². The van der Waals surface area contributed by atoms with Gasteiger partial charge in [0.1, 0.15) is 17.6 Å². The standard InChI is InChI=1S/C24H25N9O/c1-5-34-19-9-16(21-31-27-14-32(21)4)6-7-18(19)29-23-26-10-17-8-15(2)28-22(20(17)30-23)33-12-24(3,11-25)13-33/h6-10,14H,5,12-13H2,1-4H3,(H,26,29,30). The first-order chi connectivity index (χ1) is 16.4. The van der Waals surface area contributed by atoms with Gasteiger partial charge in [-0.1, -0.05) is 0 Å². The van der Waals surface area contributed by atoms with Crippen molar-refractivity contribution in [1.29, 1.82) is 5.26 Å². The Labute approximate surface area is 197 Å². The highest BCUT2D eigenvalue weighted by Gasteiger charge is 2.40. The monoisotopic (exact) mass is 455 g/mol. The Morgan fingerprint density at radius 1 is 1.24 bits per heavy atom. The summed E-state index contributed by atoms with van der Waals surface area (Å²) in [5.41, 5.74) is 2.92. The lowest BCUT2D eigenvalue weighted by Gasteiger charge is -2.44. The summed E-state index contributed by atoms with van der Waals surface area (Å²) in [5.74, 6) is 2.63. The van der Waals surface area contributed by atoms with Crippen LogP contribution in [0.25, 0.3) is 22.3 Å². The van der Waals surface area contributed by atoms with Crippen molar-refractivity contribution in [3.05, 3.63) is 42.5 Å². The molecule has 34 heavy (non-hydrogen) atoms. The molecule has 10 nitrogen and oxygen atoms in total. The first-order valence-corrected chi connectivity index (χ1v) is 11.1. The molecule has 0 unspecified atom stereocenters. The third-order valence-electron chi connectivity index (χ3n) is 5.82. The first-order valence-electron chi connectivity index (χ1n) is 11.1. The van der Waals surface area contributed by atoms with Crippen molar-refractivity contribution in [3.63, 3.8) is 0 Å². The summed E-state index contributed by atoms with van der Waals surface area (Å²) in [4.78, 5) is 16.1. The first kappa shape index (κ1) is 21.6. The smallest absolute Gasteiger partial charge is 0.227 e. The molecule has 5 rings (SSSR count). The van der Waals surface area contributed by atoms with Crippen molar-refractivity contribution >= 4 is 28.4 Å². The molecule has 10 heteroatoms. The molecule has 1 aliphatic rings. The minimum absolute atomic E-state index is 0.358. The van der Waals surface area contributed by atoms with E-state index in [-0.39, 0.29) is 5.41 Å². The molecule has 172 valence electrons. The van der Waals surface area contributed by atoms with E-state index in [2.05, 4.69) is 31.5 Å². The molecule has 0 saturated carbocycles. The lowest BCUT2D eigenvalue weighted by molar-refractivity contribution is 0.335. The molecule has 0 amide bonds. The number of pyridine rings is 1. The zero-order valence-electron chi connectivity index (χ0n) is 19.6. The van der Waals surface area contributed by atoms with E-state index in [1.165, 1.54) is 0 Å². The highest BCUT2D eigenvalue weighted by molar-refractivity contribution is 5.90. The number of aromatic nitrogens is 6. The van der Waals surface area contributed by atoms with Gasteiger partial charge in [0, 0.05) is 43.0 Å². The van der Waals surface area contributed by atoms with Crippen LogP contribution in [0.2, 0.25) is 0 Å². The maximum atomic E-state index is 9.40. The predicted octanol–water partition coefficient (Wildman–Crippen LogP) is 3.62. The quantitative estimate of drug-likeness (QED) is 0.465. The molecule has 4 aromatic rings. The number of nitrogens with one attached hydrogen (secondary N) is 1. The Kier molecular flexibility index (Phi) is 5.24.